The predicted octanol–water partition coefficient (Wildman–Crippen LogP) is 6.91. The number of hydrogen-bond donors (Lipinski definition) is 1. The number of nitro groups is 1. The van der Waals surface area contributed by atoms with Crippen molar-refractivity contribution in [2.24, 2.45) is 4.99 Å². The number of rotatable bonds is 8. The Morgan fingerprint density at radius 2 is 1.67 bits per heavy atom. The first-order chi connectivity index (χ1) is 23.7. The summed E-state index contributed by atoms with van der Waals surface area (Å²) in [4.78, 5) is 44.4. The fourth-order valence-corrected chi connectivity index (χ4v) is 7.33. The molecule has 1 N–H and O–H groups in total. The number of nitrogens with one attached hydrogen (secondary N) is 1. The Morgan fingerprint density at radius 1 is 0.980 bits per heavy atom. The maximum Gasteiger partial charge on any atom is 0.271 e. The number of non-ortho nitro benzene ring substituents is 1. The minimum atomic E-state index is -0.674. The van der Waals surface area contributed by atoms with Crippen molar-refractivity contribution >= 4 is 45.6 Å². The molecule has 1 amide bonds. The van der Waals surface area contributed by atoms with Gasteiger partial charge in [-0.15, -0.1) is 0 Å². The van der Waals surface area contributed by atoms with Crippen LogP contribution in [0.5, 0.6) is 0 Å². The van der Waals surface area contributed by atoms with Gasteiger partial charge >= 0.3 is 0 Å². The molecule has 1 atom stereocenters. The molecule has 3 heterocycles. The van der Waals surface area contributed by atoms with Crippen molar-refractivity contribution < 1.29 is 9.72 Å². The molecule has 0 spiro atoms. The Labute approximate surface area is 286 Å². The number of fused-ring (bicyclic) bond motifs is 2. The Morgan fingerprint density at radius 3 is 2.37 bits per heavy atom. The van der Waals surface area contributed by atoms with Crippen molar-refractivity contribution in [3.05, 3.63) is 173 Å². The number of anilines is 1. The first-order valence-corrected chi connectivity index (χ1v) is 16.8. The van der Waals surface area contributed by atoms with E-state index in [1.165, 1.54) is 23.5 Å². The Balaban J connectivity index is 1.33. The minimum Gasteiger partial charge on any atom is -0.342 e. The van der Waals surface area contributed by atoms with Gasteiger partial charge < -0.3 is 9.88 Å². The van der Waals surface area contributed by atoms with E-state index in [1.807, 2.05) is 85.9 Å². The zero-order valence-electron chi connectivity index (χ0n) is 27.2. The third-order valence-corrected chi connectivity index (χ3v) is 9.81. The molecule has 0 radical (unpaired) electrons. The van der Waals surface area contributed by atoms with Gasteiger partial charge in [0.25, 0.3) is 17.2 Å². The molecular weight excluding hydrogens is 635 g/mol. The molecule has 7 rings (SSSR count). The van der Waals surface area contributed by atoms with Gasteiger partial charge in [-0.25, -0.2) is 4.99 Å². The maximum atomic E-state index is 14.4. The van der Waals surface area contributed by atoms with Gasteiger partial charge in [0.05, 0.1) is 26.8 Å². The number of hydrogen-bond acceptors (Lipinski definition) is 6. The number of para-hydroxylation sites is 2. The molecule has 2 aromatic heterocycles. The fourth-order valence-electron chi connectivity index (χ4n) is 6.29. The molecule has 0 saturated heterocycles. The van der Waals surface area contributed by atoms with Crippen LogP contribution >= 0.6 is 11.3 Å². The lowest BCUT2D eigenvalue weighted by atomic mass is 9.93. The van der Waals surface area contributed by atoms with Crippen molar-refractivity contribution in [3.63, 3.8) is 0 Å². The van der Waals surface area contributed by atoms with Crippen molar-refractivity contribution in [3.8, 4) is 0 Å². The number of nitro benzene ring substituents is 1. The SMILES string of the molecule is CC1=C(C(=O)Nc2ccccc2)[C@@H](c2ccc(C(C)C)cc2)n2c(s/c(=C\c3cn(Cc4ccc([N+](=O)[O-])cc4)c4ccccc34)c2=O)=N1. The van der Waals surface area contributed by atoms with E-state index >= 15 is 0 Å². The summed E-state index contributed by atoms with van der Waals surface area (Å²) < 4.78 is 4.22. The zero-order valence-corrected chi connectivity index (χ0v) is 28.0. The molecule has 9 nitrogen and oxygen atoms in total. The second kappa shape index (κ2) is 13.0. The van der Waals surface area contributed by atoms with E-state index in [4.69, 9.17) is 4.99 Å². The van der Waals surface area contributed by atoms with E-state index in [2.05, 4.69) is 35.9 Å². The second-order valence-corrected chi connectivity index (χ2v) is 13.4. The van der Waals surface area contributed by atoms with E-state index in [0.29, 0.717) is 38.8 Å². The van der Waals surface area contributed by atoms with Gasteiger partial charge in [0.1, 0.15) is 0 Å². The summed E-state index contributed by atoms with van der Waals surface area (Å²) in [6.45, 7) is 6.57. The van der Waals surface area contributed by atoms with E-state index in [9.17, 15) is 19.7 Å². The van der Waals surface area contributed by atoms with Gasteiger partial charge in [-0.1, -0.05) is 98.0 Å². The highest BCUT2D eigenvalue weighted by Gasteiger charge is 2.32. The third kappa shape index (κ3) is 6.14. The quantitative estimate of drug-likeness (QED) is 0.141. The normalized spacial score (nSPS) is 14.6. The number of amides is 1. The summed E-state index contributed by atoms with van der Waals surface area (Å²) in [5.41, 5.74) is 6.17. The summed E-state index contributed by atoms with van der Waals surface area (Å²) in [5.74, 6) is 0.0192. The van der Waals surface area contributed by atoms with Crippen LogP contribution in [-0.4, -0.2) is 20.0 Å². The first-order valence-electron chi connectivity index (χ1n) is 16.0. The second-order valence-electron chi connectivity index (χ2n) is 12.4. The predicted molar refractivity (Wildman–Crippen MR) is 194 cm³/mol. The average Bonchev–Trinajstić information content (AvgIpc) is 3.60. The average molecular weight is 668 g/mol. The standard InChI is InChI=1S/C39H33N5O4S/c1-24(2)27-15-17-28(18-16-27)36-35(37(45)41-30-9-5-4-6-10-30)25(3)40-39-43(36)38(46)34(49-39)21-29-23-42(33-12-8-7-11-32(29)33)22-26-13-19-31(20-14-26)44(47)48/h4-21,23-24,36H,22H2,1-3H3,(H,41,45)/b34-21-/t36-/m1/s1. The lowest BCUT2D eigenvalue weighted by Gasteiger charge is -2.25. The number of carbonyl (C=O) groups is 1. The molecule has 0 unspecified atom stereocenters. The third-order valence-electron chi connectivity index (χ3n) is 8.82. The van der Waals surface area contributed by atoms with Crippen LogP contribution in [0.4, 0.5) is 11.4 Å². The van der Waals surface area contributed by atoms with Gasteiger partial charge in [0.15, 0.2) is 4.80 Å². The van der Waals surface area contributed by atoms with Crippen molar-refractivity contribution in [1.82, 2.24) is 9.13 Å². The Hall–Kier alpha value is -5.87. The van der Waals surface area contributed by atoms with Gasteiger partial charge in [0.2, 0.25) is 0 Å². The van der Waals surface area contributed by atoms with Crippen molar-refractivity contribution in [1.29, 1.82) is 0 Å². The van der Waals surface area contributed by atoms with Crippen LogP contribution in [0.3, 0.4) is 0 Å². The number of thiazole rings is 1. The zero-order chi connectivity index (χ0) is 34.2. The molecule has 49 heavy (non-hydrogen) atoms. The molecule has 6 aromatic rings. The Kier molecular flexibility index (Phi) is 8.39. The van der Waals surface area contributed by atoms with Crippen LogP contribution in [0.15, 0.2) is 130 Å². The van der Waals surface area contributed by atoms with Gasteiger partial charge in [-0.3, -0.25) is 24.3 Å². The number of benzene rings is 4. The molecule has 0 aliphatic carbocycles. The number of aromatic nitrogens is 2. The smallest absolute Gasteiger partial charge is 0.271 e. The van der Waals surface area contributed by atoms with Crippen LogP contribution in [0, 0.1) is 10.1 Å². The van der Waals surface area contributed by atoms with Crippen molar-refractivity contribution in [2.45, 2.75) is 39.3 Å². The Bertz CT molecular complexity index is 2440. The van der Waals surface area contributed by atoms with E-state index in [1.54, 1.807) is 16.7 Å². The molecule has 244 valence electrons. The molecule has 10 heteroatoms. The summed E-state index contributed by atoms with van der Waals surface area (Å²) in [5, 5.41) is 15.1. The van der Waals surface area contributed by atoms with Crippen LogP contribution < -0.4 is 20.2 Å². The highest BCUT2D eigenvalue weighted by atomic mass is 32.1. The van der Waals surface area contributed by atoms with E-state index in [-0.39, 0.29) is 17.2 Å². The molecule has 0 saturated carbocycles. The molecular formula is C39H33N5O4S. The van der Waals surface area contributed by atoms with Gasteiger partial charge in [0, 0.05) is 47.0 Å². The minimum absolute atomic E-state index is 0.0438. The number of allylic oxidation sites excluding steroid dienone is 1. The summed E-state index contributed by atoms with van der Waals surface area (Å²) >= 11 is 1.30. The monoisotopic (exact) mass is 667 g/mol. The van der Waals surface area contributed by atoms with Gasteiger partial charge in [-0.2, -0.15) is 0 Å². The summed E-state index contributed by atoms with van der Waals surface area (Å²) in [6.07, 6.45) is 3.89. The van der Waals surface area contributed by atoms with Crippen LogP contribution in [0.1, 0.15) is 55.0 Å². The molecule has 4 aromatic carbocycles. The largest absolute Gasteiger partial charge is 0.342 e. The first kappa shape index (κ1) is 31.7. The highest BCUT2D eigenvalue weighted by molar-refractivity contribution is 7.07. The molecule has 1 aliphatic rings. The van der Waals surface area contributed by atoms with E-state index < -0.39 is 11.0 Å². The van der Waals surface area contributed by atoms with Crippen LogP contribution in [0.2, 0.25) is 0 Å². The van der Waals surface area contributed by atoms with Gasteiger partial charge in [-0.05, 0) is 53.8 Å². The maximum absolute atomic E-state index is 14.4. The lowest BCUT2D eigenvalue weighted by molar-refractivity contribution is -0.384. The fraction of sp³-hybridized carbons (Fsp3) is 0.154. The molecule has 0 bridgehead atoms. The van der Waals surface area contributed by atoms with Crippen LogP contribution in [0.25, 0.3) is 17.0 Å². The lowest BCUT2D eigenvalue weighted by Crippen LogP contribution is -2.40. The highest BCUT2D eigenvalue weighted by Crippen LogP contribution is 2.32. The van der Waals surface area contributed by atoms with Crippen LogP contribution in [-0.2, 0) is 11.3 Å². The number of carbonyl (C=O) groups excluding carboxylic acids is 1. The van der Waals surface area contributed by atoms with E-state index in [0.717, 1.165) is 33.2 Å². The van der Waals surface area contributed by atoms with Crippen molar-refractivity contribution in [2.75, 3.05) is 5.32 Å². The number of nitrogens with zero attached hydrogens (tertiary/aromatic N) is 4. The topological polar surface area (TPSA) is 112 Å². The molecule has 1 aliphatic heterocycles. The summed E-state index contributed by atoms with van der Waals surface area (Å²) in [6, 6.07) is 31.2. The molecule has 0 fully saturated rings. The summed E-state index contributed by atoms with van der Waals surface area (Å²) in [7, 11) is 0.